The average Bonchev–Trinajstić information content (AvgIpc) is 2.84. The lowest BCUT2D eigenvalue weighted by Gasteiger charge is -2.04. The Morgan fingerprint density at radius 1 is 0.697 bits per heavy atom. The number of phenolic OH excluding ortho intramolecular Hbond substituents is 1. The van der Waals surface area contributed by atoms with E-state index >= 15 is 0 Å². The molecule has 2 aromatic carbocycles. The standard InChI is InChI=1S/C30H43NO2/c1-2-3-4-5-6-7-8-9-10-11-12-13-14-15-16-30(33)27-19-21-28(22-20-27)31-25-26-17-23-29(32)24-18-26/h17-25,32H,2-16H2,1H3. The topological polar surface area (TPSA) is 49.7 Å². The number of carbonyl (C=O) groups is 1. The number of hydrogen-bond donors (Lipinski definition) is 1. The van der Waals surface area contributed by atoms with Crippen molar-refractivity contribution >= 4 is 17.7 Å². The summed E-state index contributed by atoms with van der Waals surface area (Å²) in [4.78, 5) is 16.9. The van der Waals surface area contributed by atoms with Crippen molar-refractivity contribution in [2.45, 2.75) is 103 Å². The smallest absolute Gasteiger partial charge is 0.162 e. The Bertz CT molecular complexity index is 793. The maximum Gasteiger partial charge on any atom is 0.162 e. The minimum Gasteiger partial charge on any atom is -0.508 e. The van der Waals surface area contributed by atoms with E-state index in [4.69, 9.17) is 0 Å². The van der Waals surface area contributed by atoms with Crippen molar-refractivity contribution in [3.8, 4) is 5.75 Å². The lowest BCUT2D eigenvalue weighted by Crippen LogP contribution is -1.98. The number of benzene rings is 2. The summed E-state index contributed by atoms with van der Waals surface area (Å²) in [7, 11) is 0. The van der Waals surface area contributed by atoms with Gasteiger partial charge >= 0.3 is 0 Å². The largest absolute Gasteiger partial charge is 0.508 e. The second-order valence-corrected chi connectivity index (χ2v) is 9.17. The molecule has 0 aliphatic carbocycles. The van der Waals surface area contributed by atoms with Gasteiger partial charge in [-0.3, -0.25) is 9.79 Å². The molecule has 0 saturated carbocycles. The molecule has 0 aliphatic heterocycles. The zero-order valence-electron chi connectivity index (χ0n) is 20.6. The number of aromatic hydroxyl groups is 1. The van der Waals surface area contributed by atoms with Crippen LogP contribution in [-0.4, -0.2) is 17.1 Å². The van der Waals surface area contributed by atoms with Gasteiger partial charge in [0.15, 0.2) is 5.78 Å². The first kappa shape index (κ1) is 26.8. The van der Waals surface area contributed by atoms with Gasteiger partial charge < -0.3 is 5.11 Å². The molecular formula is C30H43NO2. The number of Topliss-reactive ketones (excluding diaryl/α,β-unsaturated/α-hetero) is 1. The van der Waals surface area contributed by atoms with Gasteiger partial charge in [0.05, 0.1) is 5.69 Å². The van der Waals surface area contributed by atoms with Crippen LogP contribution in [0.5, 0.6) is 5.75 Å². The Balaban J connectivity index is 1.49. The first-order valence-electron chi connectivity index (χ1n) is 13.2. The zero-order valence-corrected chi connectivity index (χ0v) is 20.6. The lowest BCUT2D eigenvalue weighted by atomic mass is 10.0. The molecule has 33 heavy (non-hydrogen) atoms. The number of aliphatic imine (C=N–C) groups is 1. The molecule has 180 valence electrons. The Kier molecular flexibility index (Phi) is 13.9. The van der Waals surface area contributed by atoms with E-state index in [-0.39, 0.29) is 11.5 Å². The van der Waals surface area contributed by atoms with Crippen molar-refractivity contribution < 1.29 is 9.90 Å². The van der Waals surface area contributed by atoms with Gasteiger partial charge in [-0.2, -0.15) is 0 Å². The van der Waals surface area contributed by atoms with Gasteiger partial charge in [-0.15, -0.1) is 0 Å². The molecule has 0 atom stereocenters. The van der Waals surface area contributed by atoms with Crippen molar-refractivity contribution in [1.82, 2.24) is 0 Å². The number of nitrogens with zero attached hydrogens (tertiary/aromatic N) is 1. The highest BCUT2D eigenvalue weighted by molar-refractivity contribution is 5.96. The minimum absolute atomic E-state index is 0.225. The van der Waals surface area contributed by atoms with Gasteiger partial charge in [-0.1, -0.05) is 90.4 Å². The van der Waals surface area contributed by atoms with Crippen LogP contribution in [-0.2, 0) is 0 Å². The molecule has 0 fully saturated rings. The first-order chi connectivity index (χ1) is 16.2. The molecule has 0 saturated heterocycles. The van der Waals surface area contributed by atoms with Crippen LogP contribution in [0.25, 0.3) is 0 Å². The molecule has 0 radical (unpaired) electrons. The van der Waals surface area contributed by atoms with Crippen LogP contribution < -0.4 is 0 Å². The first-order valence-corrected chi connectivity index (χ1v) is 13.2. The van der Waals surface area contributed by atoms with Gasteiger partial charge in [0.2, 0.25) is 0 Å². The zero-order chi connectivity index (χ0) is 23.6. The second kappa shape index (κ2) is 17.1. The molecule has 0 aliphatic rings. The SMILES string of the molecule is CCCCCCCCCCCCCCCCC(=O)c1ccc(N=Cc2ccc(O)cc2)cc1. The molecule has 3 nitrogen and oxygen atoms in total. The number of carbonyl (C=O) groups excluding carboxylic acids is 1. The average molecular weight is 450 g/mol. The number of ketones is 1. The summed E-state index contributed by atoms with van der Waals surface area (Å²) in [6.07, 6.45) is 21.0. The summed E-state index contributed by atoms with van der Waals surface area (Å²) in [6.45, 7) is 2.27. The predicted octanol–water partition coefficient (Wildman–Crippen LogP) is 9.20. The quantitative estimate of drug-likeness (QED) is 0.140. The van der Waals surface area contributed by atoms with Crippen LogP contribution in [0.3, 0.4) is 0 Å². The third-order valence-corrected chi connectivity index (χ3v) is 6.20. The van der Waals surface area contributed by atoms with Crippen molar-refractivity contribution in [1.29, 1.82) is 0 Å². The molecule has 2 aromatic rings. The van der Waals surface area contributed by atoms with E-state index in [1.807, 2.05) is 36.4 Å². The van der Waals surface area contributed by atoms with Gasteiger partial charge in [-0.25, -0.2) is 0 Å². The van der Waals surface area contributed by atoms with Gasteiger partial charge in [0, 0.05) is 18.2 Å². The van der Waals surface area contributed by atoms with Gasteiger partial charge in [0.1, 0.15) is 5.75 Å². The fourth-order valence-corrected chi connectivity index (χ4v) is 4.07. The molecule has 1 N–H and O–H groups in total. The summed E-state index contributed by atoms with van der Waals surface area (Å²) in [5.41, 5.74) is 2.51. The van der Waals surface area contributed by atoms with Crippen molar-refractivity contribution in [2.24, 2.45) is 4.99 Å². The van der Waals surface area contributed by atoms with Gasteiger partial charge in [0.25, 0.3) is 0 Å². The van der Waals surface area contributed by atoms with E-state index in [2.05, 4.69) is 11.9 Å². The summed E-state index contributed by atoms with van der Waals surface area (Å²) in [5.74, 6) is 0.469. The Morgan fingerprint density at radius 2 is 1.18 bits per heavy atom. The fourth-order valence-electron chi connectivity index (χ4n) is 4.07. The Hall–Kier alpha value is -2.42. The van der Waals surface area contributed by atoms with Crippen LogP contribution in [0.1, 0.15) is 119 Å². The van der Waals surface area contributed by atoms with E-state index in [9.17, 15) is 9.90 Å². The molecular weight excluding hydrogens is 406 g/mol. The highest BCUT2D eigenvalue weighted by Gasteiger charge is 2.05. The highest BCUT2D eigenvalue weighted by Crippen LogP contribution is 2.17. The van der Waals surface area contributed by atoms with E-state index < -0.39 is 0 Å². The van der Waals surface area contributed by atoms with Crippen molar-refractivity contribution in [2.75, 3.05) is 0 Å². The van der Waals surface area contributed by atoms with Crippen molar-refractivity contribution in [3.63, 3.8) is 0 Å². The van der Waals surface area contributed by atoms with E-state index in [1.165, 1.54) is 77.0 Å². The highest BCUT2D eigenvalue weighted by atomic mass is 16.3. The summed E-state index contributed by atoms with van der Waals surface area (Å²) >= 11 is 0. The molecule has 0 aromatic heterocycles. The third kappa shape index (κ3) is 12.4. The van der Waals surface area contributed by atoms with E-state index in [1.54, 1.807) is 18.3 Å². The lowest BCUT2D eigenvalue weighted by molar-refractivity contribution is 0.0979. The Labute approximate surface area is 201 Å². The van der Waals surface area contributed by atoms with Crippen LogP contribution in [0.4, 0.5) is 5.69 Å². The molecule has 0 bridgehead atoms. The minimum atomic E-state index is 0.225. The number of unbranched alkanes of at least 4 members (excludes halogenated alkanes) is 13. The maximum absolute atomic E-state index is 12.4. The number of rotatable bonds is 18. The number of phenols is 1. The third-order valence-electron chi connectivity index (χ3n) is 6.20. The molecule has 0 heterocycles. The van der Waals surface area contributed by atoms with Crippen LogP contribution >= 0.6 is 0 Å². The summed E-state index contributed by atoms with van der Waals surface area (Å²) in [5, 5.41) is 9.33. The van der Waals surface area contributed by atoms with E-state index in [0.29, 0.717) is 6.42 Å². The predicted molar refractivity (Wildman–Crippen MR) is 141 cm³/mol. The fraction of sp³-hybridized carbons (Fsp3) is 0.533. The van der Waals surface area contributed by atoms with Crippen LogP contribution in [0, 0.1) is 0 Å². The van der Waals surface area contributed by atoms with Crippen LogP contribution in [0.2, 0.25) is 0 Å². The second-order valence-electron chi connectivity index (χ2n) is 9.17. The molecule has 0 spiro atoms. The molecule has 2 rings (SSSR count). The normalized spacial score (nSPS) is 11.3. The maximum atomic E-state index is 12.4. The monoisotopic (exact) mass is 449 g/mol. The summed E-state index contributed by atoms with van der Waals surface area (Å²) in [6, 6.07) is 14.4. The van der Waals surface area contributed by atoms with E-state index in [0.717, 1.165) is 29.7 Å². The number of hydrogen-bond acceptors (Lipinski definition) is 3. The molecule has 0 unspecified atom stereocenters. The van der Waals surface area contributed by atoms with Gasteiger partial charge in [-0.05, 0) is 60.5 Å². The molecule has 0 amide bonds. The van der Waals surface area contributed by atoms with Crippen LogP contribution in [0.15, 0.2) is 53.5 Å². The molecule has 3 heteroatoms. The Morgan fingerprint density at radius 3 is 1.70 bits per heavy atom. The summed E-state index contributed by atoms with van der Waals surface area (Å²) < 4.78 is 0. The van der Waals surface area contributed by atoms with Crippen molar-refractivity contribution in [3.05, 3.63) is 59.7 Å².